The first-order valence-electron chi connectivity index (χ1n) is 6.83. The van der Waals surface area contributed by atoms with E-state index in [1.54, 1.807) is 0 Å². The molecule has 0 spiro atoms. The van der Waals surface area contributed by atoms with E-state index in [2.05, 4.69) is 0 Å². The highest BCUT2D eigenvalue weighted by molar-refractivity contribution is 5.44. The van der Waals surface area contributed by atoms with E-state index in [4.69, 9.17) is 14.2 Å². The summed E-state index contributed by atoms with van der Waals surface area (Å²) in [4.78, 5) is 0. The minimum Gasteiger partial charge on any atom is -0.493 e. The quantitative estimate of drug-likeness (QED) is 0.903. The van der Waals surface area contributed by atoms with Gasteiger partial charge in [0.25, 0.3) is 0 Å². The molecule has 1 aliphatic rings. The van der Waals surface area contributed by atoms with E-state index in [1.807, 2.05) is 6.92 Å². The molecule has 1 fully saturated rings. The Balaban J connectivity index is 2.31. The van der Waals surface area contributed by atoms with Gasteiger partial charge in [0.05, 0.1) is 26.4 Å². The lowest BCUT2D eigenvalue weighted by Crippen LogP contribution is -2.22. The third-order valence-electron chi connectivity index (χ3n) is 3.89. The molecule has 0 saturated carbocycles. The van der Waals surface area contributed by atoms with Crippen LogP contribution in [0.25, 0.3) is 0 Å². The number of aliphatic hydroxyl groups is 1. The normalized spacial score (nSPS) is 23.6. The lowest BCUT2D eigenvalue weighted by Gasteiger charge is -2.24. The van der Waals surface area contributed by atoms with Crippen molar-refractivity contribution in [1.29, 1.82) is 0 Å². The molecule has 0 aromatic heterocycles. The van der Waals surface area contributed by atoms with Crippen molar-refractivity contribution in [2.24, 2.45) is 5.92 Å². The second-order valence-corrected chi connectivity index (χ2v) is 4.94. The van der Waals surface area contributed by atoms with Gasteiger partial charge in [0.15, 0.2) is 11.5 Å². The Morgan fingerprint density at radius 1 is 1.35 bits per heavy atom. The second kappa shape index (κ2) is 6.41. The van der Waals surface area contributed by atoms with Gasteiger partial charge in [-0.2, -0.15) is 0 Å². The van der Waals surface area contributed by atoms with Crippen LogP contribution in [0.1, 0.15) is 31.4 Å². The highest BCUT2D eigenvalue weighted by atomic mass is 19.1. The Kier molecular flexibility index (Phi) is 4.83. The van der Waals surface area contributed by atoms with Crippen LogP contribution in [0, 0.1) is 11.7 Å². The largest absolute Gasteiger partial charge is 0.493 e. The molecule has 4 nitrogen and oxygen atoms in total. The fraction of sp³-hybridized carbons (Fsp3) is 0.600. The monoisotopic (exact) mass is 284 g/mol. The predicted octanol–water partition coefficient (Wildman–Crippen LogP) is 2.69. The number of hydrogen-bond acceptors (Lipinski definition) is 4. The average Bonchev–Trinajstić information content (AvgIpc) is 2.94. The van der Waals surface area contributed by atoms with E-state index in [0.29, 0.717) is 18.1 Å². The van der Waals surface area contributed by atoms with Crippen LogP contribution in [0.4, 0.5) is 4.39 Å². The number of benzene rings is 1. The maximum atomic E-state index is 14.2. The minimum atomic E-state index is -0.901. The number of rotatable bonds is 5. The van der Waals surface area contributed by atoms with E-state index in [9.17, 15) is 9.50 Å². The molecule has 1 saturated heterocycles. The van der Waals surface area contributed by atoms with Crippen molar-refractivity contribution in [3.8, 4) is 11.5 Å². The summed E-state index contributed by atoms with van der Waals surface area (Å²) < 4.78 is 29.9. The molecular formula is C15H21FO4. The molecule has 5 heteroatoms. The van der Waals surface area contributed by atoms with Gasteiger partial charge in [0, 0.05) is 24.2 Å². The van der Waals surface area contributed by atoms with Crippen LogP contribution in [0.15, 0.2) is 12.1 Å². The molecule has 1 aromatic carbocycles. The number of aliphatic hydroxyl groups excluding tert-OH is 1. The molecule has 2 rings (SSSR count). The first kappa shape index (κ1) is 15.1. The van der Waals surface area contributed by atoms with Crippen LogP contribution in [0.3, 0.4) is 0 Å². The molecule has 0 aliphatic carbocycles. The van der Waals surface area contributed by atoms with Gasteiger partial charge in [-0.3, -0.25) is 0 Å². The summed E-state index contributed by atoms with van der Waals surface area (Å²) in [5, 5.41) is 10.5. The van der Waals surface area contributed by atoms with Crippen molar-refractivity contribution in [2.75, 3.05) is 20.8 Å². The average molecular weight is 284 g/mol. The van der Waals surface area contributed by atoms with E-state index in [0.717, 1.165) is 12.8 Å². The standard InChI is InChI=1S/C15H21FO4/c1-4-12-9(5-6-20-12)15(17)10-7-13(18-2)14(19-3)8-11(10)16/h7-9,12,15,17H,4-6H2,1-3H3. The minimum absolute atomic E-state index is 0.0301. The first-order chi connectivity index (χ1) is 9.62. The first-order valence-corrected chi connectivity index (χ1v) is 6.83. The Hall–Kier alpha value is -1.33. The molecule has 1 aliphatic heterocycles. The van der Waals surface area contributed by atoms with Crippen LogP contribution < -0.4 is 9.47 Å². The maximum Gasteiger partial charge on any atom is 0.163 e. The van der Waals surface area contributed by atoms with Crippen LogP contribution in [0.2, 0.25) is 0 Å². The zero-order valence-corrected chi connectivity index (χ0v) is 12.1. The molecule has 1 N–H and O–H groups in total. The Morgan fingerprint density at radius 3 is 2.60 bits per heavy atom. The summed E-state index contributed by atoms with van der Waals surface area (Å²) in [6, 6.07) is 2.75. The van der Waals surface area contributed by atoms with E-state index in [1.165, 1.54) is 26.4 Å². The third-order valence-corrected chi connectivity index (χ3v) is 3.89. The van der Waals surface area contributed by atoms with Crippen molar-refractivity contribution in [3.63, 3.8) is 0 Å². The van der Waals surface area contributed by atoms with Gasteiger partial charge in [-0.05, 0) is 18.9 Å². The van der Waals surface area contributed by atoms with Gasteiger partial charge in [-0.15, -0.1) is 0 Å². The van der Waals surface area contributed by atoms with Crippen molar-refractivity contribution in [3.05, 3.63) is 23.5 Å². The summed E-state index contributed by atoms with van der Waals surface area (Å²) >= 11 is 0. The molecule has 20 heavy (non-hydrogen) atoms. The lowest BCUT2D eigenvalue weighted by molar-refractivity contribution is 0.0291. The van der Waals surface area contributed by atoms with Crippen LogP contribution >= 0.6 is 0 Å². The van der Waals surface area contributed by atoms with E-state index >= 15 is 0 Å². The summed E-state index contributed by atoms with van der Waals surface area (Å²) in [6.07, 6.45) is 0.601. The number of halogens is 1. The van der Waals surface area contributed by atoms with Crippen molar-refractivity contribution >= 4 is 0 Å². The second-order valence-electron chi connectivity index (χ2n) is 4.94. The molecule has 1 aromatic rings. The summed E-state index contributed by atoms with van der Waals surface area (Å²) in [5.74, 6) is 0.148. The molecule has 1 heterocycles. The van der Waals surface area contributed by atoms with Gasteiger partial charge < -0.3 is 19.3 Å². The number of methoxy groups -OCH3 is 2. The van der Waals surface area contributed by atoms with Crippen molar-refractivity contribution < 1.29 is 23.7 Å². The Morgan fingerprint density at radius 2 is 2.00 bits per heavy atom. The molecule has 3 unspecified atom stereocenters. The van der Waals surface area contributed by atoms with Gasteiger partial charge in [-0.1, -0.05) is 6.92 Å². The highest BCUT2D eigenvalue weighted by Crippen LogP contribution is 2.39. The van der Waals surface area contributed by atoms with Crippen molar-refractivity contribution in [1.82, 2.24) is 0 Å². The zero-order valence-electron chi connectivity index (χ0n) is 12.1. The molecule has 112 valence electrons. The Labute approximate surface area is 118 Å². The van der Waals surface area contributed by atoms with E-state index in [-0.39, 0.29) is 17.6 Å². The smallest absolute Gasteiger partial charge is 0.163 e. The molecule has 3 atom stereocenters. The van der Waals surface area contributed by atoms with E-state index < -0.39 is 11.9 Å². The maximum absolute atomic E-state index is 14.2. The van der Waals surface area contributed by atoms with Crippen LogP contribution in [-0.2, 0) is 4.74 Å². The molecule has 0 radical (unpaired) electrons. The number of ether oxygens (including phenoxy) is 3. The van der Waals surface area contributed by atoms with Gasteiger partial charge in [-0.25, -0.2) is 4.39 Å². The lowest BCUT2D eigenvalue weighted by atomic mass is 9.88. The fourth-order valence-electron chi connectivity index (χ4n) is 2.77. The topological polar surface area (TPSA) is 47.9 Å². The zero-order chi connectivity index (χ0) is 14.7. The predicted molar refractivity (Wildman–Crippen MR) is 72.6 cm³/mol. The summed E-state index contributed by atoms with van der Waals surface area (Å²) in [6.45, 7) is 2.61. The fourth-order valence-corrected chi connectivity index (χ4v) is 2.77. The van der Waals surface area contributed by atoms with Crippen LogP contribution in [-0.4, -0.2) is 32.0 Å². The summed E-state index contributed by atoms with van der Waals surface area (Å²) in [7, 11) is 2.94. The molecular weight excluding hydrogens is 263 g/mol. The van der Waals surface area contributed by atoms with Gasteiger partial charge in [0.1, 0.15) is 5.82 Å². The van der Waals surface area contributed by atoms with Crippen molar-refractivity contribution in [2.45, 2.75) is 32.0 Å². The third kappa shape index (κ3) is 2.74. The van der Waals surface area contributed by atoms with Gasteiger partial charge in [0.2, 0.25) is 0 Å². The Bertz CT molecular complexity index is 463. The number of hydrogen-bond donors (Lipinski definition) is 1. The molecule has 0 amide bonds. The van der Waals surface area contributed by atoms with Crippen LogP contribution in [0.5, 0.6) is 11.5 Å². The highest BCUT2D eigenvalue weighted by Gasteiger charge is 2.35. The van der Waals surface area contributed by atoms with Gasteiger partial charge >= 0.3 is 0 Å². The SMILES string of the molecule is CCC1OCCC1C(O)c1cc(OC)c(OC)cc1F. The molecule has 0 bridgehead atoms. The summed E-state index contributed by atoms with van der Waals surface area (Å²) in [5.41, 5.74) is 0.233.